The van der Waals surface area contributed by atoms with Gasteiger partial charge < -0.3 is 25.3 Å². The standard InChI is InChI=1S/C35H46N2O6/c1-25(17-18-29-27(3)14-11-20-34(29,4)5)12-10-13-26(2)19-21-37(32(41)30(36)22-31(39)40)35(24-38,33(42)43-6)23-28-15-8-7-9-16-28/h7-10,12-13,15-19,24,30H,11,14,20-23,36H2,1-6H3,(H,39,40)/b13-10?,18-17?,25-12?,26-19+. The van der Waals surface area contributed by atoms with Crippen molar-refractivity contribution in [3.05, 3.63) is 94.6 Å². The van der Waals surface area contributed by atoms with E-state index in [0.29, 0.717) is 11.8 Å². The summed E-state index contributed by atoms with van der Waals surface area (Å²) in [6, 6.07) is 7.26. The monoisotopic (exact) mass is 590 g/mol. The van der Waals surface area contributed by atoms with Crippen molar-refractivity contribution in [1.29, 1.82) is 0 Å². The van der Waals surface area contributed by atoms with Crippen LogP contribution < -0.4 is 5.73 Å². The number of nitrogens with zero attached hydrogens (tertiary/aromatic N) is 1. The van der Waals surface area contributed by atoms with Crippen LogP contribution in [0.3, 0.4) is 0 Å². The number of esters is 1. The Morgan fingerprint density at radius 1 is 1.14 bits per heavy atom. The molecule has 0 aliphatic heterocycles. The zero-order valence-corrected chi connectivity index (χ0v) is 26.3. The first-order valence-corrected chi connectivity index (χ1v) is 14.5. The zero-order chi connectivity index (χ0) is 32.2. The molecule has 0 radical (unpaired) electrons. The molecule has 3 N–H and O–H groups in total. The average molecular weight is 591 g/mol. The maximum atomic E-state index is 13.5. The lowest BCUT2D eigenvalue weighted by Gasteiger charge is -2.38. The minimum absolute atomic E-state index is 0.159. The second-order valence-corrected chi connectivity index (χ2v) is 11.8. The van der Waals surface area contributed by atoms with Crippen LogP contribution in [0.4, 0.5) is 0 Å². The molecule has 0 aromatic heterocycles. The summed E-state index contributed by atoms with van der Waals surface area (Å²) >= 11 is 0. The number of ether oxygens (including phenoxy) is 1. The molecule has 43 heavy (non-hydrogen) atoms. The zero-order valence-electron chi connectivity index (χ0n) is 26.3. The van der Waals surface area contributed by atoms with Crippen molar-refractivity contribution in [1.82, 2.24) is 4.90 Å². The van der Waals surface area contributed by atoms with Crippen LogP contribution >= 0.6 is 0 Å². The maximum absolute atomic E-state index is 13.5. The molecule has 2 rings (SSSR count). The lowest BCUT2D eigenvalue weighted by molar-refractivity contribution is -0.163. The highest BCUT2D eigenvalue weighted by molar-refractivity contribution is 6.03. The van der Waals surface area contributed by atoms with Crippen LogP contribution in [0.25, 0.3) is 0 Å². The first kappa shape index (κ1) is 35.2. The van der Waals surface area contributed by atoms with Crippen LogP contribution in [0.5, 0.6) is 0 Å². The minimum Gasteiger partial charge on any atom is -0.481 e. The van der Waals surface area contributed by atoms with Gasteiger partial charge in [-0.25, -0.2) is 4.79 Å². The SMILES string of the molecule is COC(=O)C(C=O)(Cc1ccccc1)N(C/C=C(\C)C=CC=C(C)C=CC1=C(C)CCCC1(C)C)C(=O)C(N)CC(=O)O. The fraction of sp³-hybridized carbons (Fsp3) is 0.429. The first-order valence-electron chi connectivity index (χ1n) is 14.5. The first-order chi connectivity index (χ1) is 20.3. The Morgan fingerprint density at radius 3 is 2.40 bits per heavy atom. The Morgan fingerprint density at radius 2 is 1.81 bits per heavy atom. The van der Waals surface area contributed by atoms with E-state index in [1.165, 1.54) is 24.0 Å². The van der Waals surface area contributed by atoms with E-state index >= 15 is 0 Å². The number of carboxylic acids is 1. The summed E-state index contributed by atoms with van der Waals surface area (Å²) in [7, 11) is 1.13. The summed E-state index contributed by atoms with van der Waals surface area (Å²) < 4.78 is 4.98. The molecule has 1 aromatic rings. The van der Waals surface area contributed by atoms with Gasteiger partial charge in [0.1, 0.15) is 0 Å². The molecule has 1 aliphatic rings. The van der Waals surface area contributed by atoms with Gasteiger partial charge in [0.2, 0.25) is 11.4 Å². The third-order valence-electron chi connectivity index (χ3n) is 7.88. The van der Waals surface area contributed by atoms with Gasteiger partial charge in [0, 0.05) is 13.0 Å². The van der Waals surface area contributed by atoms with Gasteiger partial charge in [0.15, 0.2) is 6.29 Å². The summed E-state index contributed by atoms with van der Waals surface area (Å²) in [6.45, 7) is 10.4. The van der Waals surface area contributed by atoms with Crippen LogP contribution in [0.1, 0.15) is 65.9 Å². The molecule has 232 valence electrons. The predicted molar refractivity (Wildman–Crippen MR) is 169 cm³/mol. The molecule has 1 aromatic carbocycles. The number of carboxylic acid groups (broad SMARTS) is 1. The number of aliphatic carboxylic acids is 1. The van der Waals surface area contributed by atoms with E-state index in [0.717, 1.165) is 29.6 Å². The average Bonchev–Trinajstić information content (AvgIpc) is 2.95. The number of allylic oxidation sites excluding steroid dienone is 9. The van der Waals surface area contributed by atoms with E-state index in [1.54, 1.807) is 36.4 Å². The van der Waals surface area contributed by atoms with Crippen molar-refractivity contribution in [2.75, 3.05) is 13.7 Å². The number of methoxy groups -OCH3 is 1. The molecule has 8 nitrogen and oxygen atoms in total. The van der Waals surface area contributed by atoms with Gasteiger partial charge in [0.25, 0.3) is 0 Å². The largest absolute Gasteiger partial charge is 0.481 e. The number of benzene rings is 1. The lowest BCUT2D eigenvalue weighted by Crippen LogP contribution is -2.63. The predicted octanol–water partition coefficient (Wildman–Crippen LogP) is 5.50. The molecule has 0 spiro atoms. The van der Waals surface area contributed by atoms with E-state index in [-0.39, 0.29) is 18.4 Å². The third-order valence-corrected chi connectivity index (χ3v) is 7.88. The van der Waals surface area contributed by atoms with Gasteiger partial charge in [-0.1, -0.05) is 97.4 Å². The number of aldehydes is 1. The molecular weight excluding hydrogens is 544 g/mol. The molecule has 1 aliphatic carbocycles. The Hall–Kier alpha value is -4.04. The van der Waals surface area contributed by atoms with Gasteiger partial charge in [-0.2, -0.15) is 0 Å². The van der Waals surface area contributed by atoms with Gasteiger partial charge in [-0.05, 0) is 56.6 Å². The summed E-state index contributed by atoms with van der Waals surface area (Å²) in [5, 5.41) is 9.23. The van der Waals surface area contributed by atoms with Crippen molar-refractivity contribution in [3.63, 3.8) is 0 Å². The maximum Gasteiger partial charge on any atom is 0.339 e. The molecule has 2 atom stereocenters. The number of amides is 1. The lowest BCUT2D eigenvalue weighted by atomic mass is 9.72. The number of carbonyl (C=O) groups is 4. The quantitative estimate of drug-likeness (QED) is 0.127. The molecule has 1 amide bonds. The summed E-state index contributed by atoms with van der Waals surface area (Å²) in [4.78, 5) is 51.6. The highest BCUT2D eigenvalue weighted by Crippen LogP contribution is 2.40. The Bertz CT molecular complexity index is 1320. The molecule has 8 heteroatoms. The Kier molecular flexibility index (Phi) is 13.1. The van der Waals surface area contributed by atoms with Crippen molar-refractivity contribution >= 4 is 24.1 Å². The molecule has 0 fully saturated rings. The fourth-order valence-corrected chi connectivity index (χ4v) is 5.38. The van der Waals surface area contributed by atoms with Crippen molar-refractivity contribution < 1.29 is 29.0 Å². The van der Waals surface area contributed by atoms with Crippen LogP contribution in [-0.4, -0.2) is 59.4 Å². The van der Waals surface area contributed by atoms with Crippen LogP contribution in [0.2, 0.25) is 0 Å². The molecule has 0 bridgehead atoms. The minimum atomic E-state index is -2.05. The number of hydrogen-bond acceptors (Lipinski definition) is 6. The van der Waals surface area contributed by atoms with Gasteiger partial charge in [-0.15, -0.1) is 0 Å². The van der Waals surface area contributed by atoms with Crippen LogP contribution in [0.15, 0.2) is 89.1 Å². The number of hydrogen-bond donors (Lipinski definition) is 2. The van der Waals surface area contributed by atoms with E-state index < -0.39 is 35.8 Å². The van der Waals surface area contributed by atoms with E-state index in [2.05, 4.69) is 32.9 Å². The van der Waals surface area contributed by atoms with Crippen LogP contribution in [-0.2, 0) is 30.3 Å². The van der Waals surface area contributed by atoms with Gasteiger partial charge >= 0.3 is 11.9 Å². The fourth-order valence-electron chi connectivity index (χ4n) is 5.38. The Balaban J connectivity index is 2.37. The number of nitrogens with two attached hydrogens (primary N) is 1. The highest BCUT2D eigenvalue weighted by Gasteiger charge is 2.48. The molecule has 0 saturated carbocycles. The number of rotatable bonds is 14. The highest BCUT2D eigenvalue weighted by atomic mass is 16.5. The number of carbonyl (C=O) groups excluding carboxylic acids is 3. The third kappa shape index (κ3) is 9.75. The normalized spacial score (nSPS) is 17.9. The van der Waals surface area contributed by atoms with Gasteiger partial charge in [-0.3, -0.25) is 9.59 Å². The summed E-state index contributed by atoms with van der Waals surface area (Å²) in [5.74, 6) is -3.07. The summed E-state index contributed by atoms with van der Waals surface area (Å²) in [6.07, 6.45) is 14.8. The molecule has 2 unspecified atom stereocenters. The molecule has 0 heterocycles. The Labute approximate surface area is 255 Å². The second kappa shape index (κ2) is 16.0. The summed E-state index contributed by atoms with van der Waals surface area (Å²) in [5.41, 5.74) is 9.30. The van der Waals surface area contributed by atoms with Crippen molar-refractivity contribution in [3.8, 4) is 0 Å². The van der Waals surface area contributed by atoms with Crippen molar-refractivity contribution in [2.45, 2.75) is 78.3 Å². The van der Waals surface area contributed by atoms with E-state index in [1.807, 2.05) is 32.1 Å². The van der Waals surface area contributed by atoms with E-state index in [4.69, 9.17) is 10.5 Å². The molecule has 0 saturated heterocycles. The molecular formula is C35H46N2O6. The smallest absolute Gasteiger partial charge is 0.339 e. The van der Waals surface area contributed by atoms with Gasteiger partial charge in [0.05, 0.1) is 19.6 Å². The van der Waals surface area contributed by atoms with Crippen molar-refractivity contribution in [2.24, 2.45) is 11.1 Å². The van der Waals surface area contributed by atoms with E-state index in [9.17, 15) is 24.3 Å². The second-order valence-electron chi connectivity index (χ2n) is 11.8. The van der Waals surface area contributed by atoms with Crippen LogP contribution in [0, 0.1) is 5.41 Å². The topological polar surface area (TPSA) is 127 Å².